The van der Waals surface area contributed by atoms with Crippen molar-refractivity contribution in [2.45, 2.75) is 71.8 Å². The van der Waals surface area contributed by atoms with Crippen molar-refractivity contribution >= 4 is 10.8 Å². The van der Waals surface area contributed by atoms with Gasteiger partial charge >= 0.3 is 0 Å². The molecule has 0 bridgehead atoms. The summed E-state index contributed by atoms with van der Waals surface area (Å²) in [5.74, 6) is -0.102. The largest absolute Gasteiger partial charge is 0.221 e. The van der Waals surface area contributed by atoms with Crippen LogP contribution in [0.5, 0.6) is 0 Å². The highest BCUT2D eigenvalue weighted by Gasteiger charge is 2.54. The molecule has 28 heavy (non-hydrogen) atoms. The van der Waals surface area contributed by atoms with E-state index in [0.717, 1.165) is 24.8 Å². The van der Waals surface area contributed by atoms with Crippen molar-refractivity contribution in [2.24, 2.45) is 0 Å². The Labute approximate surface area is 168 Å². The Kier molecular flexibility index (Phi) is 4.37. The number of hydrogen-bond donors (Lipinski definition) is 0. The van der Waals surface area contributed by atoms with Gasteiger partial charge in [-0.05, 0) is 67.0 Å². The summed E-state index contributed by atoms with van der Waals surface area (Å²) < 4.78 is 17.1. The predicted molar refractivity (Wildman–Crippen MR) is 115 cm³/mol. The maximum Gasteiger partial charge on any atom is 0.221 e. The molecule has 0 radical (unpaired) electrons. The molecule has 0 fully saturated rings. The van der Waals surface area contributed by atoms with E-state index in [9.17, 15) is 4.39 Å². The third-order valence-corrected chi connectivity index (χ3v) is 7.36. The van der Waals surface area contributed by atoms with Crippen LogP contribution in [0.25, 0.3) is 22.0 Å². The average Bonchev–Trinajstić information content (AvgIpc) is 2.67. The van der Waals surface area contributed by atoms with E-state index in [0.29, 0.717) is 5.56 Å². The highest BCUT2D eigenvalue weighted by molar-refractivity contribution is 5.94. The van der Waals surface area contributed by atoms with Gasteiger partial charge in [-0.1, -0.05) is 32.4 Å². The molecule has 1 aromatic heterocycles. The number of hydrogen-bond acceptors (Lipinski definition) is 0. The number of rotatable bonds is 3. The second kappa shape index (κ2) is 6.40. The van der Waals surface area contributed by atoms with E-state index < -0.39 is 0 Å². The Balaban J connectivity index is 2.16. The Morgan fingerprint density at radius 2 is 1.75 bits per heavy atom. The maximum atomic E-state index is 14.7. The lowest BCUT2D eigenvalue weighted by Crippen LogP contribution is -2.66. The van der Waals surface area contributed by atoms with Gasteiger partial charge in [0.1, 0.15) is 5.82 Å². The van der Waals surface area contributed by atoms with E-state index >= 15 is 0 Å². The van der Waals surface area contributed by atoms with E-state index in [1.165, 1.54) is 27.6 Å². The van der Waals surface area contributed by atoms with Crippen LogP contribution in [0, 0.1) is 12.7 Å². The average molecular weight is 377 g/mol. The minimum Gasteiger partial charge on any atom is -0.207 e. The number of nitrogens with zero attached hydrogens (tertiary/aromatic N) is 1. The maximum absolute atomic E-state index is 14.7. The van der Waals surface area contributed by atoms with E-state index in [-0.39, 0.29) is 16.8 Å². The fraction of sp³-hybridized carbons (Fsp3) is 0.423. The van der Waals surface area contributed by atoms with Gasteiger partial charge in [0.25, 0.3) is 0 Å². The molecule has 0 aliphatic carbocycles. The molecule has 2 heteroatoms. The van der Waals surface area contributed by atoms with E-state index in [1.54, 1.807) is 6.07 Å². The molecule has 2 heterocycles. The monoisotopic (exact) mass is 376 g/mol. The van der Waals surface area contributed by atoms with Gasteiger partial charge in [0.05, 0.1) is 16.4 Å². The van der Waals surface area contributed by atoms with Crippen LogP contribution in [0.1, 0.15) is 64.2 Å². The zero-order chi connectivity index (χ0) is 20.3. The van der Waals surface area contributed by atoms with Gasteiger partial charge in [-0.25, -0.2) is 4.39 Å². The van der Waals surface area contributed by atoms with Crippen molar-refractivity contribution in [2.75, 3.05) is 0 Å². The van der Waals surface area contributed by atoms with Crippen molar-refractivity contribution in [3.63, 3.8) is 0 Å². The third kappa shape index (κ3) is 2.46. The van der Waals surface area contributed by atoms with Gasteiger partial charge in [-0.2, -0.15) is 4.57 Å². The first-order chi connectivity index (χ1) is 13.2. The molecule has 1 unspecified atom stereocenters. The molecule has 0 amide bonds. The molecule has 0 saturated carbocycles. The fourth-order valence-corrected chi connectivity index (χ4v) is 5.05. The molecular formula is C26H31FN+. The molecule has 0 spiro atoms. The van der Waals surface area contributed by atoms with Crippen LogP contribution in [-0.2, 0) is 17.4 Å². The molecule has 1 nitrogen and oxygen atoms in total. The standard InChI is InChI=1S/C26H31FN/c1-7-9-18-10-11-19-12-13-28-24(20(19)15-18)21-14-17(3)23(27)16-22(21)26(6,8-2)25(28,4)5/h10-16H,7-9H2,1-6H3/q+1. The van der Waals surface area contributed by atoms with E-state index in [2.05, 4.69) is 75.7 Å². The minimum atomic E-state index is -0.166. The lowest BCUT2D eigenvalue weighted by atomic mass is 9.62. The summed E-state index contributed by atoms with van der Waals surface area (Å²) in [7, 11) is 0. The van der Waals surface area contributed by atoms with Crippen molar-refractivity contribution in [3.8, 4) is 11.3 Å². The SMILES string of the molecule is CCCc1ccc2cc[n+]3c(c2c1)-c1cc(C)c(F)cc1C(C)(CC)C3(C)C. The molecule has 0 saturated heterocycles. The number of fused-ring (bicyclic) bond motifs is 5. The summed E-state index contributed by atoms with van der Waals surface area (Å²) in [5, 5.41) is 2.52. The van der Waals surface area contributed by atoms with Gasteiger partial charge in [0.2, 0.25) is 5.69 Å². The lowest BCUT2D eigenvalue weighted by Gasteiger charge is -2.44. The molecule has 2 aromatic carbocycles. The smallest absolute Gasteiger partial charge is 0.207 e. The Morgan fingerprint density at radius 1 is 1.00 bits per heavy atom. The van der Waals surface area contributed by atoms with Gasteiger partial charge < -0.3 is 0 Å². The van der Waals surface area contributed by atoms with Gasteiger partial charge in [-0.3, -0.25) is 0 Å². The number of aromatic nitrogens is 1. The highest BCUT2D eigenvalue weighted by atomic mass is 19.1. The molecule has 146 valence electrons. The van der Waals surface area contributed by atoms with Crippen LogP contribution in [0.15, 0.2) is 42.6 Å². The second-order valence-electron chi connectivity index (χ2n) is 9.10. The number of benzene rings is 2. The summed E-state index contributed by atoms with van der Waals surface area (Å²) >= 11 is 0. The zero-order valence-electron chi connectivity index (χ0n) is 18.0. The minimum absolute atomic E-state index is 0.102. The summed E-state index contributed by atoms with van der Waals surface area (Å²) in [5.41, 5.74) is 5.31. The first-order valence-corrected chi connectivity index (χ1v) is 10.5. The molecule has 1 atom stereocenters. The molecule has 0 N–H and O–H groups in total. The van der Waals surface area contributed by atoms with Gasteiger partial charge in [0.15, 0.2) is 11.7 Å². The summed E-state index contributed by atoms with van der Waals surface area (Å²) in [6.07, 6.45) is 5.40. The first-order valence-electron chi connectivity index (χ1n) is 10.5. The van der Waals surface area contributed by atoms with Gasteiger partial charge in [0, 0.05) is 19.9 Å². The number of halogens is 1. The van der Waals surface area contributed by atoms with Crippen LogP contribution < -0.4 is 4.57 Å². The summed E-state index contributed by atoms with van der Waals surface area (Å²) in [6, 6.07) is 12.9. The predicted octanol–water partition coefficient (Wildman–Crippen LogP) is 6.61. The Bertz CT molecular complexity index is 1080. The van der Waals surface area contributed by atoms with Crippen molar-refractivity contribution < 1.29 is 8.96 Å². The quantitative estimate of drug-likeness (QED) is 0.453. The number of aryl methyl sites for hydroxylation is 2. The normalized spacial score (nSPS) is 20.1. The van der Waals surface area contributed by atoms with Gasteiger partial charge in [-0.15, -0.1) is 0 Å². The van der Waals surface area contributed by atoms with Crippen LogP contribution in [0.3, 0.4) is 0 Å². The molecular weight excluding hydrogens is 345 g/mol. The topological polar surface area (TPSA) is 3.88 Å². The number of pyridine rings is 1. The van der Waals surface area contributed by atoms with Crippen molar-refractivity contribution in [1.29, 1.82) is 0 Å². The summed E-state index contributed by atoms with van der Waals surface area (Å²) in [6.45, 7) is 13.2. The van der Waals surface area contributed by atoms with Crippen LogP contribution in [0.4, 0.5) is 4.39 Å². The highest BCUT2D eigenvalue weighted by Crippen LogP contribution is 2.49. The Hall–Kier alpha value is -2.22. The van der Waals surface area contributed by atoms with E-state index in [4.69, 9.17) is 0 Å². The molecule has 1 aliphatic heterocycles. The van der Waals surface area contributed by atoms with Crippen molar-refractivity contribution in [1.82, 2.24) is 0 Å². The fourth-order valence-electron chi connectivity index (χ4n) is 5.05. The lowest BCUT2D eigenvalue weighted by molar-refractivity contribution is -0.759. The Morgan fingerprint density at radius 3 is 2.43 bits per heavy atom. The summed E-state index contributed by atoms with van der Waals surface area (Å²) in [4.78, 5) is 0. The molecule has 4 rings (SSSR count). The van der Waals surface area contributed by atoms with E-state index in [1.807, 2.05) is 6.92 Å². The van der Waals surface area contributed by atoms with Crippen LogP contribution >= 0.6 is 0 Å². The van der Waals surface area contributed by atoms with Crippen molar-refractivity contribution in [3.05, 3.63) is 65.1 Å². The van der Waals surface area contributed by atoms with Crippen LogP contribution in [0.2, 0.25) is 0 Å². The third-order valence-electron chi connectivity index (χ3n) is 7.36. The first kappa shape index (κ1) is 19.1. The molecule has 1 aliphatic rings. The second-order valence-corrected chi connectivity index (χ2v) is 9.10. The zero-order valence-corrected chi connectivity index (χ0v) is 18.0. The van der Waals surface area contributed by atoms with Crippen LogP contribution in [-0.4, -0.2) is 0 Å². The molecule has 3 aromatic rings.